The van der Waals surface area contributed by atoms with Gasteiger partial charge in [0.05, 0.1) is 4.92 Å². The first kappa shape index (κ1) is 13.6. The Bertz CT molecular complexity index is 523. The highest BCUT2D eigenvalue weighted by Gasteiger charge is 2.35. The van der Waals surface area contributed by atoms with Crippen molar-refractivity contribution in [1.82, 2.24) is 4.90 Å². The molecule has 0 radical (unpaired) electrons. The van der Waals surface area contributed by atoms with Gasteiger partial charge in [-0.25, -0.2) is 0 Å². The lowest BCUT2D eigenvalue weighted by atomic mass is 9.99. The first-order valence-corrected chi connectivity index (χ1v) is 7.47. The lowest BCUT2D eigenvalue weighted by Gasteiger charge is -2.32. The molecule has 2 aliphatic heterocycles. The molecule has 0 aliphatic carbocycles. The van der Waals surface area contributed by atoms with Crippen LogP contribution in [0.1, 0.15) is 25.7 Å². The number of rotatable bonds is 3. The van der Waals surface area contributed by atoms with E-state index in [9.17, 15) is 10.1 Å². The fourth-order valence-corrected chi connectivity index (χ4v) is 3.56. The van der Waals surface area contributed by atoms with Crippen LogP contribution in [0.2, 0.25) is 5.02 Å². The van der Waals surface area contributed by atoms with Crippen molar-refractivity contribution in [2.75, 3.05) is 18.4 Å². The third-order valence-corrected chi connectivity index (χ3v) is 4.67. The zero-order valence-corrected chi connectivity index (χ0v) is 12.0. The lowest BCUT2D eigenvalue weighted by molar-refractivity contribution is -0.384. The van der Waals surface area contributed by atoms with E-state index in [1.807, 2.05) is 6.07 Å². The van der Waals surface area contributed by atoms with E-state index in [1.54, 1.807) is 6.07 Å². The molecule has 6 heteroatoms. The Hall–Kier alpha value is -1.33. The Kier molecular flexibility index (Phi) is 3.81. The summed E-state index contributed by atoms with van der Waals surface area (Å²) in [6.07, 6.45) is 4.88. The molecule has 1 aromatic carbocycles. The molecular weight excluding hydrogens is 278 g/mol. The molecule has 0 saturated carbocycles. The van der Waals surface area contributed by atoms with E-state index in [-0.39, 0.29) is 10.7 Å². The zero-order valence-electron chi connectivity index (χ0n) is 11.2. The smallest absolute Gasteiger partial charge is 0.289 e. The Morgan fingerprint density at radius 2 is 2.15 bits per heavy atom. The third kappa shape index (κ3) is 2.60. The minimum atomic E-state index is -0.435. The van der Waals surface area contributed by atoms with Crippen LogP contribution in [0.15, 0.2) is 18.2 Å². The van der Waals surface area contributed by atoms with Crippen molar-refractivity contribution >= 4 is 23.0 Å². The van der Waals surface area contributed by atoms with Crippen LogP contribution in [-0.4, -0.2) is 35.0 Å². The van der Waals surface area contributed by atoms with Crippen LogP contribution in [0.4, 0.5) is 11.4 Å². The van der Waals surface area contributed by atoms with Gasteiger partial charge in [-0.3, -0.25) is 15.0 Å². The quantitative estimate of drug-likeness (QED) is 0.687. The maximum Gasteiger partial charge on any atom is 0.289 e. The van der Waals surface area contributed by atoms with Crippen LogP contribution in [0.25, 0.3) is 0 Å². The molecule has 2 saturated heterocycles. The van der Waals surface area contributed by atoms with Crippen LogP contribution < -0.4 is 5.32 Å². The lowest BCUT2D eigenvalue weighted by Crippen LogP contribution is -2.41. The van der Waals surface area contributed by atoms with E-state index in [1.165, 1.54) is 31.9 Å². The van der Waals surface area contributed by atoms with Crippen molar-refractivity contribution in [2.24, 2.45) is 0 Å². The van der Waals surface area contributed by atoms with Gasteiger partial charge in [-0.1, -0.05) is 18.0 Å². The van der Waals surface area contributed by atoms with Gasteiger partial charge in [-0.15, -0.1) is 0 Å². The summed E-state index contributed by atoms with van der Waals surface area (Å²) >= 11 is 5.84. The number of nitro benzene ring substituents is 1. The monoisotopic (exact) mass is 295 g/mol. The van der Waals surface area contributed by atoms with Crippen LogP contribution in [-0.2, 0) is 0 Å². The molecule has 2 aliphatic rings. The summed E-state index contributed by atoms with van der Waals surface area (Å²) in [6, 6.07) is 5.90. The van der Waals surface area contributed by atoms with Crippen molar-refractivity contribution < 1.29 is 4.92 Å². The normalized spacial score (nSPS) is 26.2. The van der Waals surface area contributed by atoms with E-state index < -0.39 is 4.92 Å². The first-order chi connectivity index (χ1) is 9.65. The summed E-state index contributed by atoms with van der Waals surface area (Å²) in [5.41, 5.74) is 0.758. The molecular formula is C14H18ClN3O2. The molecule has 1 aromatic rings. The number of nitrogens with one attached hydrogen (secondary N) is 1. The predicted molar refractivity (Wildman–Crippen MR) is 79.3 cm³/mol. The third-order valence-electron chi connectivity index (χ3n) is 4.35. The summed E-state index contributed by atoms with van der Waals surface area (Å²) in [7, 11) is 0. The summed E-state index contributed by atoms with van der Waals surface area (Å²) < 4.78 is 0. The van der Waals surface area contributed by atoms with E-state index in [0.29, 0.717) is 12.1 Å². The van der Waals surface area contributed by atoms with Crippen molar-refractivity contribution in [3.05, 3.63) is 33.3 Å². The van der Waals surface area contributed by atoms with Crippen LogP contribution >= 0.6 is 11.6 Å². The largest absolute Gasteiger partial charge is 0.380 e. The van der Waals surface area contributed by atoms with Crippen molar-refractivity contribution in [3.63, 3.8) is 0 Å². The van der Waals surface area contributed by atoms with Gasteiger partial charge in [0, 0.05) is 30.4 Å². The number of nitro groups is 1. The average Bonchev–Trinajstić information content (AvgIpc) is 2.84. The number of anilines is 1. The Balaban J connectivity index is 1.74. The van der Waals surface area contributed by atoms with Crippen LogP contribution in [0, 0.1) is 10.1 Å². The van der Waals surface area contributed by atoms with Crippen LogP contribution in [0.3, 0.4) is 0 Å². The molecule has 2 atom stereocenters. The van der Waals surface area contributed by atoms with Gasteiger partial charge in [0.25, 0.3) is 5.69 Å². The molecule has 20 heavy (non-hydrogen) atoms. The number of fused-ring (bicyclic) bond motifs is 1. The molecule has 2 unspecified atom stereocenters. The van der Waals surface area contributed by atoms with Crippen molar-refractivity contribution in [1.29, 1.82) is 0 Å². The SMILES string of the molecule is O=[N+]([O-])c1cc(NC2CCN3CCCCC23)ccc1Cl. The molecule has 0 amide bonds. The Morgan fingerprint density at radius 3 is 2.95 bits per heavy atom. The molecule has 2 heterocycles. The summed E-state index contributed by atoms with van der Waals surface area (Å²) in [6.45, 7) is 2.31. The highest BCUT2D eigenvalue weighted by atomic mass is 35.5. The maximum atomic E-state index is 10.9. The molecule has 5 nitrogen and oxygen atoms in total. The molecule has 3 rings (SSSR count). The van der Waals surface area contributed by atoms with Gasteiger partial charge in [-0.2, -0.15) is 0 Å². The number of hydrogen-bond acceptors (Lipinski definition) is 4. The highest BCUT2D eigenvalue weighted by Crippen LogP contribution is 2.32. The van der Waals surface area contributed by atoms with Crippen molar-refractivity contribution in [3.8, 4) is 0 Å². The maximum absolute atomic E-state index is 10.9. The van der Waals surface area contributed by atoms with Gasteiger partial charge in [-0.05, 0) is 37.9 Å². The van der Waals surface area contributed by atoms with Gasteiger partial charge in [0.1, 0.15) is 5.02 Å². The van der Waals surface area contributed by atoms with Crippen molar-refractivity contribution in [2.45, 2.75) is 37.8 Å². The van der Waals surface area contributed by atoms with E-state index in [2.05, 4.69) is 10.2 Å². The van der Waals surface area contributed by atoms with Gasteiger partial charge in [0.15, 0.2) is 0 Å². The molecule has 0 bridgehead atoms. The molecule has 0 aromatic heterocycles. The fourth-order valence-electron chi connectivity index (χ4n) is 3.37. The topological polar surface area (TPSA) is 58.4 Å². The second-order valence-corrected chi connectivity index (χ2v) is 5.97. The standard InChI is InChI=1S/C14H18ClN3O2/c15-11-5-4-10(9-14(11)18(19)20)16-12-6-8-17-7-2-1-3-13(12)17/h4-5,9,12-13,16H,1-3,6-8H2. The Labute approximate surface area is 123 Å². The second-order valence-electron chi connectivity index (χ2n) is 5.56. The first-order valence-electron chi connectivity index (χ1n) is 7.09. The zero-order chi connectivity index (χ0) is 14.1. The molecule has 1 N–H and O–H groups in total. The van der Waals surface area contributed by atoms with Gasteiger partial charge < -0.3 is 5.32 Å². The minimum Gasteiger partial charge on any atom is -0.380 e. The predicted octanol–water partition coefficient (Wildman–Crippen LogP) is 3.29. The van der Waals surface area contributed by atoms with Gasteiger partial charge in [0.2, 0.25) is 0 Å². The van der Waals surface area contributed by atoms with E-state index >= 15 is 0 Å². The van der Waals surface area contributed by atoms with Gasteiger partial charge >= 0.3 is 0 Å². The molecule has 108 valence electrons. The van der Waals surface area contributed by atoms with E-state index in [0.717, 1.165) is 18.7 Å². The Morgan fingerprint density at radius 1 is 1.30 bits per heavy atom. The summed E-state index contributed by atoms with van der Waals surface area (Å²) in [4.78, 5) is 13.0. The molecule has 2 fully saturated rings. The second kappa shape index (κ2) is 5.58. The van der Waals surface area contributed by atoms with Crippen LogP contribution in [0.5, 0.6) is 0 Å². The fraction of sp³-hybridized carbons (Fsp3) is 0.571. The average molecular weight is 296 g/mol. The number of piperidine rings is 1. The number of hydrogen-bond donors (Lipinski definition) is 1. The summed E-state index contributed by atoms with van der Waals surface area (Å²) in [5.74, 6) is 0. The molecule has 0 spiro atoms. The summed E-state index contributed by atoms with van der Waals surface area (Å²) in [5, 5.41) is 14.6. The highest BCUT2D eigenvalue weighted by molar-refractivity contribution is 6.32. The number of benzene rings is 1. The number of halogens is 1. The number of nitrogens with zero attached hydrogens (tertiary/aromatic N) is 2. The van der Waals surface area contributed by atoms with E-state index in [4.69, 9.17) is 11.6 Å². The minimum absolute atomic E-state index is 0.0323.